The molecule has 0 aliphatic heterocycles. The number of fused-ring (bicyclic) bond motifs is 3. The van der Waals surface area contributed by atoms with Crippen molar-refractivity contribution in [2.24, 2.45) is 0 Å². The number of carbonyl (C=O) groups is 1. The summed E-state index contributed by atoms with van der Waals surface area (Å²) in [5.41, 5.74) is 3.89. The monoisotopic (exact) mass is 467 g/mol. The zero-order chi connectivity index (χ0) is 24.5. The lowest BCUT2D eigenvalue weighted by atomic mass is 10.0. The van der Waals surface area contributed by atoms with E-state index in [-0.39, 0.29) is 24.0 Å². The van der Waals surface area contributed by atoms with Crippen molar-refractivity contribution in [3.8, 4) is 11.6 Å². The molecule has 2 aromatic heterocycles. The van der Waals surface area contributed by atoms with Gasteiger partial charge in [-0.15, -0.1) is 5.10 Å². The summed E-state index contributed by atoms with van der Waals surface area (Å²) in [7, 11) is 0. The molecule has 0 spiro atoms. The molecule has 5 aromatic rings. The van der Waals surface area contributed by atoms with Crippen LogP contribution in [0.2, 0.25) is 0 Å². The van der Waals surface area contributed by atoms with Gasteiger partial charge >= 0.3 is 5.69 Å². The molecule has 0 saturated carbocycles. The molecule has 0 radical (unpaired) electrons. The Morgan fingerprint density at radius 1 is 1.00 bits per heavy atom. The smallest absolute Gasteiger partial charge is 0.351 e. The average molecular weight is 468 g/mol. The SMILES string of the molecule is Cc1ccc(NC(=O)Cn2nc3c(Oc4ccc(C(C)C)cc4)nc4ccccc4n3c2=O)cc1. The number of rotatable bonds is 6. The first-order valence-corrected chi connectivity index (χ1v) is 11.4. The summed E-state index contributed by atoms with van der Waals surface area (Å²) in [5, 5.41) is 7.22. The fourth-order valence-electron chi connectivity index (χ4n) is 3.85. The molecule has 1 amide bonds. The lowest BCUT2D eigenvalue weighted by molar-refractivity contribution is -0.117. The molecule has 0 aliphatic rings. The minimum absolute atomic E-state index is 0.191. The average Bonchev–Trinajstić information content (AvgIpc) is 3.17. The molecule has 8 nitrogen and oxygen atoms in total. The van der Waals surface area contributed by atoms with E-state index < -0.39 is 5.69 Å². The Kier molecular flexibility index (Phi) is 5.78. The highest BCUT2D eigenvalue weighted by Crippen LogP contribution is 2.27. The lowest BCUT2D eigenvalue weighted by Crippen LogP contribution is -2.28. The summed E-state index contributed by atoms with van der Waals surface area (Å²) >= 11 is 0. The molecule has 0 unspecified atom stereocenters. The van der Waals surface area contributed by atoms with Crippen LogP contribution >= 0.6 is 0 Å². The predicted octanol–water partition coefficient (Wildman–Crippen LogP) is 4.91. The van der Waals surface area contributed by atoms with E-state index in [4.69, 9.17) is 4.74 Å². The van der Waals surface area contributed by atoms with Gasteiger partial charge < -0.3 is 10.1 Å². The van der Waals surface area contributed by atoms with Crippen molar-refractivity contribution in [3.63, 3.8) is 0 Å². The van der Waals surface area contributed by atoms with Gasteiger partial charge in [-0.2, -0.15) is 0 Å². The number of aryl methyl sites for hydroxylation is 1. The number of hydrogen-bond donors (Lipinski definition) is 1. The molecule has 5 rings (SSSR count). The normalized spacial score (nSPS) is 11.3. The van der Waals surface area contributed by atoms with Gasteiger partial charge in [-0.05, 0) is 54.8 Å². The van der Waals surface area contributed by atoms with Crippen LogP contribution < -0.4 is 15.7 Å². The molecule has 35 heavy (non-hydrogen) atoms. The minimum Gasteiger partial charge on any atom is -0.436 e. The Morgan fingerprint density at radius 3 is 2.43 bits per heavy atom. The molecule has 8 heteroatoms. The van der Waals surface area contributed by atoms with Gasteiger partial charge in [0, 0.05) is 5.69 Å². The van der Waals surface area contributed by atoms with E-state index in [0.717, 1.165) is 10.2 Å². The van der Waals surface area contributed by atoms with E-state index in [9.17, 15) is 9.59 Å². The fraction of sp³-hybridized carbons (Fsp3) is 0.185. The number of para-hydroxylation sites is 2. The first-order chi connectivity index (χ1) is 16.9. The molecule has 0 saturated heterocycles. The Labute approximate surface area is 201 Å². The summed E-state index contributed by atoms with van der Waals surface area (Å²) in [6.07, 6.45) is 0. The molecule has 176 valence electrons. The van der Waals surface area contributed by atoms with Crippen molar-refractivity contribution in [2.45, 2.75) is 33.2 Å². The molecule has 0 atom stereocenters. The van der Waals surface area contributed by atoms with Gasteiger partial charge in [-0.1, -0.05) is 55.8 Å². The highest BCUT2D eigenvalue weighted by molar-refractivity contribution is 5.90. The van der Waals surface area contributed by atoms with Crippen molar-refractivity contribution in [2.75, 3.05) is 5.32 Å². The number of amides is 1. The maximum absolute atomic E-state index is 13.3. The number of hydrogen-bond acceptors (Lipinski definition) is 5. The Balaban J connectivity index is 1.52. The third-order valence-corrected chi connectivity index (χ3v) is 5.77. The summed E-state index contributed by atoms with van der Waals surface area (Å²) in [6.45, 7) is 5.97. The van der Waals surface area contributed by atoms with Crippen LogP contribution in [0.4, 0.5) is 5.69 Å². The summed E-state index contributed by atoms with van der Waals surface area (Å²) in [5.74, 6) is 0.812. The summed E-state index contributed by atoms with van der Waals surface area (Å²) in [6, 6.07) is 22.4. The van der Waals surface area contributed by atoms with Gasteiger partial charge in [-0.3, -0.25) is 4.79 Å². The Bertz CT molecular complexity index is 1580. The van der Waals surface area contributed by atoms with Crippen LogP contribution in [0.3, 0.4) is 0 Å². The zero-order valence-electron chi connectivity index (χ0n) is 19.7. The van der Waals surface area contributed by atoms with Crippen molar-refractivity contribution in [3.05, 3.63) is 94.4 Å². The Morgan fingerprint density at radius 2 is 1.71 bits per heavy atom. The largest absolute Gasteiger partial charge is 0.436 e. The van der Waals surface area contributed by atoms with Crippen LogP contribution in [0.15, 0.2) is 77.6 Å². The second kappa shape index (κ2) is 9.06. The molecule has 0 fully saturated rings. The predicted molar refractivity (Wildman–Crippen MR) is 135 cm³/mol. The summed E-state index contributed by atoms with van der Waals surface area (Å²) in [4.78, 5) is 30.6. The van der Waals surface area contributed by atoms with E-state index in [1.165, 1.54) is 9.96 Å². The summed E-state index contributed by atoms with van der Waals surface area (Å²) < 4.78 is 8.62. The van der Waals surface area contributed by atoms with Crippen molar-refractivity contribution < 1.29 is 9.53 Å². The van der Waals surface area contributed by atoms with Crippen LogP contribution in [0.1, 0.15) is 30.9 Å². The number of carbonyl (C=O) groups excluding carboxylic acids is 1. The standard InChI is InChI=1S/C27H25N5O3/c1-17(2)19-10-14-21(15-11-19)35-26-25-30-31(16-24(33)28-20-12-8-18(3)9-13-20)27(34)32(25)23-7-5-4-6-22(23)29-26/h4-15,17H,16H2,1-3H3,(H,28,33). The van der Waals surface area contributed by atoms with Crippen LogP contribution in [-0.2, 0) is 11.3 Å². The number of nitrogens with zero attached hydrogens (tertiary/aromatic N) is 4. The number of nitrogens with one attached hydrogen (secondary N) is 1. The highest BCUT2D eigenvalue weighted by atomic mass is 16.5. The fourth-order valence-corrected chi connectivity index (χ4v) is 3.85. The number of anilines is 1. The second-order valence-electron chi connectivity index (χ2n) is 8.74. The first kappa shape index (κ1) is 22.3. The first-order valence-electron chi connectivity index (χ1n) is 11.4. The van der Waals surface area contributed by atoms with Gasteiger partial charge in [0.1, 0.15) is 12.3 Å². The van der Waals surface area contributed by atoms with E-state index in [2.05, 4.69) is 29.2 Å². The molecule has 1 N–H and O–H groups in total. The molecular formula is C27H25N5O3. The molecular weight excluding hydrogens is 442 g/mol. The topological polar surface area (TPSA) is 90.5 Å². The van der Waals surface area contributed by atoms with E-state index in [1.807, 2.05) is 67.6 Å². The van der Waals surface area contributed by atoms with Crippen LogP contribution in [0.5, 0.6) is 11.6 Å². The third kappa shape index (κ3) is 4.50. The Hall–Kier alpha value is -4.46. The van der Waals surface area contributed by atoms with Crippen molar-refractivity contribution in [1.29, 1.82) is 0 Å². The minimum atomic E-state index is -0.447. The number of aromatic nitrogens is 4. The third-order valence-electron chi connectivity index (χ3n) is 5.77. The van der Waals surface area contributed by atoms with Gasteiger partial charge in [0.25, 0.3) is 5.88 Å². The molecule has 0 bridgehead atoms. The van der Waals surface area contributed by atoms with Gasteiger partial charge in [0.05, 0.1) is 11.0 Å². The maximum Gasteiger partial charge on any atom is 0.351 e. The zero-order valence-corrected chi connectivity index (χ0v) is 19.7. The van der Waals surface area contributed by atoms with Gasteiger partial charge in [0.15, 0.2) is 0 Å². The van der Waals surface area contributed by atoms with Crippen LogP contribution in [-0.4, -0.2) is 25.1 Å². The molecule has 3 aromatic carbocycles. The molecule has 2 heterocycles. The lowest BCUT2D eigenvalue weighted by Gasteiger charge is -2.09. The van der Waals surface area contributed by atoms with Gasteiger partial charge in [0.2, 0.25) is 11.6 Å². The number of ether oxygens (including phenoxy) is 1. The quantitative estimate of drug-likeness (QED) is 0.383. The van der Waals surface area contributed by atoms with E-state index in [0.29, 0.717) is 28.4 Å². The maximum atomic E-state index is 13.3. The van der Waals surface area contributed by atoms with E-state index >= 15 is 0 Å². The number of benzene rings is 3. The van der Waals surface area contributed by atoms with Crippen LogP contribution in [0.25, 0.3) is 16.7 Å². The molecule has 0 aliphatic carbocycles. The highest BCUT2D eigenvalue weighted by Gasteiger charge is 2.19. The van der Waals surface area contributed by atoms with E-state index in [1.54, 1.807) is 12.1 Å². The second-order valence-corrected chi connectivity index (χ2v) is 8.74. The van der Waals surface area contributed by atoms with Crippen molar-refractivity contribution >= 4 is 28.3 Å². The van der Waals surface area contributed by atoms with Gasteiger partial charge in [-0.25, -0.2) is 18.9 Å². The van der Waals surface area contributed by atoms with Crippen LogP contribution in [0, 0.1) is 6.92 Å². The van der Waals surface area contributed by atoms with Crippen molar-refractivity contribution in [1.82, 2.24) is 19.2 Å².